The van der Waals surface area contributed by atoms with Crippen molar-refractivity contribution in [2.45, 2.75) is 82.2 Å². The molecule has 1 aliphatic rings. The summed E-state index contributed by atoms with van der Waals surface area (Å²) in [5, 5.41) is 31.4. The summed E-state index contributed by atoms with van der Waals surface area (Å²) in [5.41, 5.74) is 2.39. The van der Waals surface area contributed by atoms with Gasteiger partial charge in [0.05, 0.1) is 53.8 Å². The van der Waals surface area contributed by atoms with Crippen LogP contribution in [-0.2, 0) is 30.7 Å². The van der Waals surface area contributed by atoms with Gasteiger partial charge in [-0.05, 0) is 55.4 Å². The standard InChI is InChI=1S/C42H47N5O8S/c1-47(23-31-25-56-40(45-31)29-15-9-10-16-29)41(51)37-33(17-18-35(48)38(37)53-2)39(50)44-30(19-27-11-5-3-6-12-27)21-36(49)34(20-28-13-7-4-8-14-28)46-42(52)54-24-32-22-43-26-55-32/h3-8,11-14,17-18,22,25-26,29-30,34,36,48-49H,9-10,15-16,19-21,23-24H2,1-2H3,(H,44,50)(H,46,52)/t30-,34-,36-/m0/s1. The Balaban J connectivity index is 1.22. The number of ether oxygens (including phenoxy) is 2. The number of phenols is 1. The van der Waals surface area contributed by atoms with Gasteiger partial charge in [0.25, 0.3) is 11.8 Å². The molecule has 56 heavy (non-hydrogen) atoms. The third kappa shape index (κ3) is 10.5. The highest BCUT2D eigenvalue weighted by Crippen LogP contribution is 2.37. The van der Waals surface area contributed by atoms with Crippen molar-refractivity contribution in [1.29, 1.82) is 0 Å². The predicted molar refractivity (Wildman–Crippen MR) is 210 cm³/mol. The van der Waals surface area contributed by atoms with Gasteiger partial charge in [0, 0.05) is 24.4 Å². The van der Waals surface area contributed by atoms with E-state index in [1.54, 1.807) is 18.4 Å². The van der Waals surface area contributed by atoms with Crippen molar-refractivity contribution in [2.24, 2.45) is 0 Å². The van der Waals surface area contributed by atoms with Crippen LogP contribution in [0.1, 0.15) is 86.3 Å². The minimum Gasteiger partial charge on any atom is -0.504 e. The van der Waals surface area contributed by atoms with Crippen LogP contribution < -0.4 is 15.4 Å². The highest BCUT2D eigenvalue weighted by molar-refractivity contribution is 7.09. The van der Waals surface area contributed by atoms with Crippen LogP contribution in [0.25, 0.3) is 0 Å². The lowest BCUT2D eigenvalue weighted by Crippen LogP contribution is -2.49. The number of phenolic OH excluding ortho intramolecular Hbond substituents is 1. The SMILES string of the molecule is COc1c(O)ccc(C(=O)N[C@@H](Cc2ccccc2)C[C@H](O)[C@H](Cc2ccccc2)NC(=O)OCc2cnco2)c1C(=O)N(C)Cc1csc(C2CCCC2)n1. The molecule has 1 aliphatic carbocycles. The number of methoxy groups -OCH3 is 1. The number of carbonyl (C=O) groups is 3. The summed E-state index contributed by atoms with van der Waals surface area (Å²) >= 11 is 1.60. The maximum absolute atomic E-state index is 14.3. The van der Waals surface area contributed by atoms with E-state index in [0.29, 0.717) is 18.1 Å². The molecule has 1 fully saturated rings. The Bertz CT molecular complexity index is 2040. The minimum absolute atomic E-state index is 0.0103. The number of carbonyl (C=O) groups excluding carboxylic acids is 3. The number of aromatic nitrogens is 2. The van der Waals surface area contributed by atoms with Crippen molar-refractivity contribution in [3.8, 4) is 11.5 Å². The average molecular weight is 782 g/mol. The number of nitrogens with one attached hydrogen (secondary N) is 2. The van der Waals surface area contributed by atoms with Gasteiger partial charge >= 0.3 is 6.09 Å². The van der Waals surface area contributed by atoms with E-state index in [9.17, 15) is 24.6 Å². The van der Waals surface area contributed by atoms with E-state index in [0.717, 1.165) is 34.7 Å². The molecule has 0 bridgehead atoms. The number of nitrogens with zero attached hydrogens (tertiary/aromatic N) is 3. The number of aromatic hydroxyl groups is 1. The highest BCUT2D eigenvalue weighted by atomic mass is 32.1. The molecular formula is C42H47N5O8S. The zero-order valence-electron chi connectivity index (χ0n) is 31.4. The number of benzene rings is 3. The molecule has 2 aromatic heterocycles. The molecule has 0 unspecified atom stereocenters. The van der Waals surface area contributed by atoms with Crippen molar-refractivity contribution >= 4 is 29.2 Å². The van der Waals surface area contributed by atoms with E-state index < -0.39 is 36.1 Å². The van der Waals surface area contributed by atoms with Gasteiger partial charge < -0.3 is 39.6 Å². The zero-order valence-corrected chi connectivity index (χ0v) is 32.2. The number of hydrogen-bond donors (Lipinski definition) is 4. The van der Waals surface area contributed by atoms with E-state index in [1.807, 2.05) is 66.0 Å². The number of alkyl carbamates (subject to hydrolysis) is 1. The predicted octanol–water partition coefficient (Wildman–Crippen LogP) is 6.40. The molecule has 294 valence electrons. The number of aliphatic hydroxyl groups is 1. The summed E-state index contributed by atoms with van der Waals surface area (Å²) in [6.45, 7) is 0.0473. The lowest BCUT2D eigenvalue weighted by atomic mass is 9.93. The van der Waals surface area contributed by atoms with E-state index >= 15 is 0 Å². The van der Waals surface area contributed by atoms with Gasteiger partial charge in [0.15, 0.2) is 30.3 Å². The fourth-order valence-electron chi connectivity index (χ4n) is 7.05. The topological polar surface area (TPSA) is 176 Å². The minimum atomic E-state index is -1.16. The van der Waals surface area contributed by atoms with Crippen LogP contribution in [0.15, 0.2) is 95.2 Å². The number of hydrogen-bond acceptors (Lipinski definition) is 11. The van der Waals surface area contributed by atoms with Gasteiger partial charge in [-0.1, -0.05) is 73.5 Å². The maximum atomic E-state index is 14.3. The van der Waals surface area contributed by atoms with Gasteiger partial charge in [0.2, 0.25) is 0 Å². The largest absolute Gasteiger partial charge is 0.504 e. The van der Waals surface area contributed by atoms with E-state index in [1.165, 1.54) is 49.6 Å². The molecule has 0 aliphatic heterocycles. The molecule has 13 nitrogen and oxygen atoms in total. The number of oxazole rings is 1. The Labute approximate surface area is 329 Å². The lowest BCUT2D eigenvalue weighted by molar-refractivity contribution is 0.0761. The Morgan fingerprint density at radius 2 is 1.68 bits per heavy atom. The first-order valence-electron chi connectivity index (χ1n) is 18.7. The van der Waals surface area contributed by atoms with Crippen molar-refractivity contribution < 1.29 is 38.5 Å². The molecule has 6 rings (SSSR count). The zero-order chi connectivity index (χ0) is 39.4. The molecule has 0 spiro atoms. The molecule has 0 saturated heterocycles. The summed E-state index contributed by atoms with van der Waals surface area (Å²) < 4.78 is 16.0. The van der Waals surface area contributed by atoms with Gasteiger partial charge in [-0.25, -0.2) is 14.8 Å². The van der Waals surface area contributed by atoms with E-state index in [2.05, 4.69) is 15.6 Å². The molecule has 0 radical (unpaired) electrons. The fourth-order valence-corrected chi connectivity index (χ4v) is 8.03. The number of rotatable bonds is 17. The third-order valence-corrected chi connectivity index (χ3v) is 11.0. The maximum Gasteiger partial charge on any atom is 0.407 e. The molecule has 4 N–H and O–H groups in total. The quantitative estimate of drug-likeness (QED) is 0.0826. The van der Waals surface area contributed by atoms with Crippen LogP contribution in [0.3, 0.4) is 0 Å². The Kier molecular flexibility index (Phi) is 13.7. The molecule has 2 heterocycles. The second kappa shape index (κ2) is 19.2. The van der Waals surface area contributed by atoms with Crippen molar-refractivity contribution in [1.82, 2.24) is 25.5 Å². The van der Waals surface area contributed by atoms with Crippen molar-refractivity contribution in [3.63, 3.8) is 0 Å². The van der Waals surface area contributed by atoms with Gasteiger partial charge in [0.1, 0.15) is 0 Å². The van der Waals surface area contributed by atoms with Gasteiger partial charge in [-0.15, -0.1) is 11.3 Å². The van der Waals surface area contributed by atoms with E-state index in [4.69, 9.17) is 18.9 Å². The van der Waals surface area contributed by atoms with Crippen LogP contribution in [0.2, 0.25) is 0 Å². The fraction of sp³-hybridized carbons (Fsp3) is 0.357. The molecule has 5 aromatic rings. The number of amides is 3. The van der Waals surface area contributed by atoms with Crippen LogP contribution in [0.4, 0.5) is 4.79 Å². The Morgan fingerprint density at radius 1 is 0.982 bits per heavy atom. The molecule has 3 amide bonds. The summed E-state index contributed by atoms with van der Waals surface area (Å²) in [6.07, 6.45) is 5.98. The molecule has 3 atom stereocenters. The van der Waals surface area contributed by atoms with Gasteiger partial charge in [-0.2, -0.15) is 0 Å². The lowest BCUT2D eigenvalue weighted by Gasteiger charge is -2.28. The second-order valence-corrected chi connectivity index (χ2v) is 14.9. The monoisotopic (exact) mass is 781 g/mol. The normalized spacial score (nSPS) is 14.4. The summed E-state index contributed by atoms with van der Waals surface area (Å²) in [4.78, 5) is 51.5. The number of aliphatic hydroxyl groups excluding tert-OH is 1. The van der Waals surface area contributed by atoms with Crippen molar-refractivity contribution in [3.05, 3.63) is 129 Å². The van der Waals surface area contributed by atoms with Crippen molar-refractivity contribution in [2.75, 3.05) is 14.2 Å². The third-order valence-electron chi connectivity index (χ3n) is 9.90. The van der Waals surface area contributed by atoms with Crippen LogP contribution >= 0.6 is 11.3 Å². The molecule has 14 heteroatoms. The van der Waals surface area contributed by atoms with Crippen LogP contribution in [0, 0.1) is 0 Å². The number of thiazole rings is 1. The summed E-state index contributed by atoms with van der Waals surface area (Å²) in [5.74, 6) is -0.757. The smallest absolute Gasteiger partial charge is 0.407 e. The van der Waals surface area contributed by atoms with E-state index in [-0.39, 0.29) is 48.6 Å². The Hall–Kier alpha value is -5.73. The Morgan fingerprint density at radius 3 is 2.34 bits per heavy atom. The van der Waals surface area contributed by atoms with Crippen LogP contribution in [0.5, 0.6) is 11.5 Å². The molecule has 1 saturated carbocycles. The first-order valence-corrected chi connectivity index (χ1v) is 19.5. The van der Waals surface area contributed by atoms with Crippen LogP contribution in [-0.4, -0.2) is 75.3 Å². The summed E-state index contributed by atoms with van der Waals surface area (Å²) in [6, 6.07) is 20.1. The summed E-state index contributed by atoms with van der Waals surface area (Å²) in [7, 11) is 2.94. The molecular weight excluding hydrogens is 735 g/mol. The first kappa shape index (κ1) is 39.9. The highest BCUT2D eigenvalue weighted by Gasteiger charge is 2.31. The average Bonchev–Trinajstić information content (AvgIpc) is 4.02. The molecule has 3 aromatic carbocycles. The van der Waals surface area contributed by atoms with Gasteiger partial charge in [-0.3, -0.25) is 9.59 Å². The first-order chi connectivity index (χ1) is 27.2. The second-order valence-electron chi connectivity index (χ2n) is 14.0.